The number of hydrogen-bond donors (Lipinski definition) is 2. The van der Waals surface area contributed by atoms with Crippen molar-refractivity contribution in [2.75, 3.05) is 5.32 Å². The Morgan fingerprint density at radius 2 is 1.90 bits per heavy atom. The Morgan fingerprint density at radius 3 is 2.55 bits per heavy atom. The van der Waals surface area contributed by atoms with Gasteiger partial charge in [-0.1, -0.05) is 41.4 Å². The fraction of sp³-hybridized carbons (Fsp3) is 0.133. The molecule has 0 aliphatic heterocycles. The van der Waals surface area contributed by atoms with Crippen LogP contribution in [0.5, 0.6) is 0 Å². The highest BCUT2D eigenvalue weighted by molar-refractivity contribution is 6.34. The molecule has 0 amide bonds. The van der Waals surface area contributed by atoms with Crippen molar-refractivity contribution in [1.29, 1.82) is 0 Å². The standard InChI is InChI=1S/C15H13Cl2NO2/c1-9(10-4-2-5-11(16)8-10)18-13-7-3-6-12(17)14(13)15(19)20/h2-9,18H,1H3,(H,19,20). The number of rotatable bonds is 4. The zero-order valence-electron chi connectivity index (χ0n) is 10.7. The van der Waals surface area contributed by atoms with Crippen LogP contribution in [-0.4, -0.2) is 11.1 Å². The predicted molar refractivity (Wildman–Crippen MR) is 81.9 cm³/mol. The van der Waals surface area contributed by atoms with Crippen molar-refractivity contribution in [2.24, 2.45) is 0 Å². The van der Waals surface area contributed by atoms with E-state index in [1.54, 1.807) is 24.3 Å². The summed E-state index contributed by atoms with van der Waals surface area (Å²) in [7, 11) is 0. The Balaban J connectivity index is 2.30. The number of carbonyl (C=O) groups is 1. The normalized spacial score (nSPS) is 11.9. The van der Waals surface area contributed by atoms with Crippen molar-refractivity contribution in [3.05, 3.63) is 63.6 Å². The lowest BCUT2D eigenvalue weighted by Crippen LogP contribution is -2.11. The summed E-state index contributed by atoms with van der Waals surface area (Å²) < 4.78 is 0. The molecule has 0 spiro atoms. The molecule has 0 saturated heterocycles. The van der Waals surface area contributed by atoms with Gasteiger partial charge in [0.15, 0.2) is 0 Å². The molecule has 0 radical (unpaired) electrons. The van der Waals surface area contributed by atoms with Gasteiger partial charge < -0.3 is 10.4 Å². The highest BCUT2D eigenvalue weighted by atomic mass is 35.5. The molecule has 0 heterocycles. The van der Waals surface area contributed by atoms with Crippen molar-refractivity contribution in [2.45, 2.75) is 13.0 Å². The first kappa shape index (κ1) is 14.7. The summed E-state index contributed by atoms with van der Waals surface area (Å²) in [5.41, 5.74) is 1.52. The predicted octanol–water partition coefficient (Wildman–Crippen LogP) is 4.86. The van der Waals surface area contributed by atoms with Crippen LogP contribution in [-0.2, 0) is 0 Å². The molecule has 0 saturated carbocycles. The minimum Gasteiger partial charge on any atom is -0.478 e. The van der Waals surface area contributed by atoms with Crippen LogP contribution in [0.1, 0.15) is 28.9 Å². The van der Waals surface area contributed by atoms with Crippen molar-refractivity contribution in [3.8, 4) is 0 Å². The number of halogens is 2. The molecule has 104 valence electrons. The molecule has 1 atom stereocenters. The second kappa shape index (κ2) is 6.16. The van der Waals surface area contributed by atoms with Gasteiger partial charge >= 0.3 is 5.97 Å². The third-order valence-electron chi connectivity index (χ3n) is 2.95. The number of hydrogen-bond acceptors (Lipinski definition) is 2. The summed E-state index contributed by atoms with van der Waals surface area (Å²) in [5.74, 6) is -1.06. The van der Waals surface area contributed by atoms with E-state index in [2.05, 4.69) is 5.32 Å². The van der Waals surface area contributed by atoms with E-state index >= 15 is 0 Å². The van der Waals surface area contributed by atoms with Gasteiger partial charge in [0.25, 0.3) is 0 Å². The molecule has 1 unspecified atom stereocenters. The Kier molecular flexibility index (Phi) is 4.53. The van der Waals surface area contributed by atoms with Gasteiger partial charge in [-0.2, -0.15) is 0 Å². The first-order valence-electron chi connectivity index (χ1n) is 6.03. The van der Waals surface area contributed by atoms with Gasteiger partial charge in [0, 0.05) is 11.1 Å². The summed E-state index contributed by atoms with van der Waals surface area (Å²) >= 11 is 11.9. The first-order valence-corrected chi connectivity index (χ1v) is 6.78. The highest BCUT2D eigenvalue weighted by Gasteiger charge is 2.16. The molecule has 5 heteroatoms. The van der Waals surface area contributed by atoms with Crippen molar-refractivity contribution >= 4 is 34.9 Å². The van der Waals surface area contributed by atoms with Crippen molar-refractivity contribution in [3.63, 3.8) is 0 Å². The fourth-order valence-corrected chi connectivity index (χ4v) is 2.41. The van der Waals surface area contributed by atoms with E-state index in [9.17, 15) is 9.90 Å². The van der Waals surface area contributed by atoms with E-state index in [1.165, 1.54) is 0 Å². The van der Waals surface area contributed by atoms with E-state index in [4.69, 9.17) is 23.2 Å². The molecule has 2 aromatic rings. The van der Waals surface area contributed by atoms with Gasteiger partial charge in [-0.15, -0.1) is 0 Å². The van der Waals surface area contributed by atoms with Crippen LogP contribution >= 0.6 is 23.2 Å². The number of anilines is 1. The molecule has 0 fully saturated rings. The smallest absolute Gasteiger partial charge is 0.339 e. The molecule has 0 aliphatic carbocycles. The maximum atomic E-state index is 11.3. The average molecular weight is 310 g/mol. The SMILES string of the molecule is CC(Nc1cccc(Cl)c1C(=O)O)c1cccc(Cl)c1. The summed E-state index contributed by atoms with van der Waals surface area (Å²) in [6, 6.07) is 12.3. The monoisotopic (exact) mass is 309 g/mol. The van der Waals surface area contributed by atoms with Crippen molar-refractivity contribution in [1.82, 2.24) is 0 Å². The van der Waals surface area contributed by atoms with Gasteiger partial charge in [-0.05, 0) is 36.8 Å². The highest BCUT2D eigenvalue weighted by Crippen LogP contribution is 2.28. The quantitative estimate of drug-likeness (QED) is 0.847. The topological polar surface area (TPSA) is 49.3 Å². The number of benzene rings is 2. The molecular weight excluding hydrogens is 297 g/mol. The summed E-state index contributed by atoms with van der Waals surface area (Å²) in [5, 5.41) is 13.2. The van der Waals surface area contributed by atoms with Gasteiger partial charge in [-0.3, -0.25) is 0 Å². The summed E-state index contributed by atoms with van der Waals surface area (Å²) in [6.45, 7) is 1.93. The number of aromatic carboxylic acids is 1. The molecule has 0 aliphatic rings. The minimum absolute atomic E-state index is 0.0723. The van der Waals surface area contributed by atoms with Crippen LogP contribution in [0.25, 0.3) is 0 Å². The lowest BCUT2D eigenvalue weighted by molar-refractivity contribution is 0.0698. The third kappa shape index (κ3) is 3.24. The maximum Gasteiger partial charge on any atom is 0.339 e. The molecule has 3 nitrogen and oxygen atoms in total. The van der Waals surface area contributed by atoms with E-state index in [1.807, 2.05) is 25.1 Å². The Bertz CT molecular complexity index is 644. The van der Waals surface area contributed by atoms with Gasteiger partial charge in [0.2, 0.25) is 0 Å². The second-order valence-electron chi connectivity index (χ2n) is 4.39. The third-order valence-corrected chi connectivity index (χ3v) is 3.50. The van der Waals surface area contributed by atoms with E-state index in [-0.39, 0.29) is 16.6 Å². The second-order valence-corrected chi connectivity index (χ2v) is 5.23. The number of carboxylic acids is 1. The largest absolute Gasteiger partial charge is 0.478 e. The summed E-state index contributed by atoms with van der Waals surface area (Å²) in [4.78, 5) is 11.3. The van der Waals surface area contributed by atoms with Gasteiger partial charge in [-0.25, -0.2) is 4.79 Å². The van der Waals surface area contributed by atoms with Crippen LogP contribution < -0.4 is 5.32 Å². The Labute approximate surface area is 127 Å². The van der Waals surface area contributed by atoms with Crippen LogP contribution in [0.4, 0.5) is 5.69 Å². The van der Waals surface area contributed by atoms with E-state index in [0.717, 1.165) is 5.56 Å². The van der Waals surface area contributed by atoms with Crippen LogP contribution in [0.15, 0.2) is 42.5 Å². The molecular formula is C15H13Cl2NO2. The average Bonchev–Trinajstić information content (AvgIpc) is 2.38. The molecule has 2 N–H and O–H groups in total. The van der Waals surface area contributed by atoms with Crippen LogP contribution in [0, 0.1) is 0 Å². The van der Waals surface area contributed by atoms with Crippen LogP contribution in [0.3, 0.4) is 0 Å². The molecule has 2 aromatic carbocycles. The molecule has 0 aromatic heterocycles. The lowest BCUT2D eigenvalue weighted by Gasteiger charge is -2.18. The van der Waals surface area contributed by atoms with E-state index in [0.29, 0.717) is 10.7 Å². The van der Waals surface area contributed by atoms with Crippen molar-refractivity contribution < 1.29 is 9.90 Å². The Hall–Kier alpha value is -1.71. The van der Waals surface area contributed by atoms with Gasteiger partial charge in [0.05, 0.1) is 10.7 Å². The summed E-state index contributed by atoms with van der Waals surface area (Å²) in [6.07, 6.45) is 0. The molecule has 2 rings (SSSR count). The Morgan fingerprint density at radius 1 is 1.20 bits per heavy atom. The van der Waals surface area contributed by atoms with Crippen LogP contribution in [0.2, 0.25) is 10.0 Å². The minimum atomic E-state index is -1.06. The first-order chi connectivity index (χ1) is 9.49. The van der Waals surface area contributed by atoms with E-state index < -0.39 is 5.97 Å². The molecule has 20 heavy (non-hydrogen) atoms. The van der Waals surface area contributed by atoms with Gasteiger partial charge in [0.1, 0.15) is 5.56 Å². The number of carboxylic acid groups (broad SMARTS) is 1. The maximum absolute atomic E-state index is 11.3. The zero-order valence-corrected chi connectivity index (χ0v) is 12.2. The number of nitrogens with one attached hydrogen (secondary N) is 1. The molecule has 0 bridgehead atoms. The zero-order chi connectivity index (χ0) is 14.7. The fourth-order valence-electron chi connectivity index (χ4n) is 1.95. The lowest BCUT2D eigenvalue weighted by atomic mass is 10.1.